The van der Waals surface area contributed by atoms with Gasteiger partial charge in [-0.3, -0.25) is 4.99 Å². The van der Waals surface area contributed by atoms with Gasteiger partial charge in [-0.25, -0.2) is 0 Å². The third-order valence-electron chi connectivity index (χ3n) is 2.75. The number of amidine groups is 1. The minimum absolute atomic E-state index is 0.00197. The van der Waals surface area contributed by atoms with Gasteiger partial charge in [-0.05, 0) is 24.2 Å². The molecule has 18 heavy (non-hydrogen) atoms. The lowest BCUT2D eigenvalue weighted by Gasteiger charge is -2.34. The Bertz CT molecular complexity index is 343. The van der Waals surface area contributed by atoms with Crippen molar-refractivity contribution in [1.82, 2.24) is 0 Å². The summed E-state index contributed by atoms with van der Waals surface area (Å²) in [7, 11) is 1.68. The average Bonchev–Trinajstić information content (AvgIpc) is 2.12. The van der Waals surface area contributed by atoms with Gasteiger partial charge in [-0.15, -0.1) is 5.11 Å². The summed E-state index contributed by atoms with van der Waals surface area (Å²) in [5.41, 5.74) is -0.0178. The molecular formula is C13H26N4O. The van der Waals surface area contributed by atoms with E-state index in [1.54, 1.807) is 14.0 Å². The molecule has 0 aromatic carbocycles. The molecule has 104 valence electrons. The first-order chi connectivity index (χ1) is 8.12. The van der Waals surface area contributed by atoms with Gasteiger partial charge in [-0.2, -0.15) is 0 Å². The van der Waals surface area contributed by atoms with Crippen LogP contribution < -0.4 is 5.84 Å². The van der Waals surface area contributed by atoms with Crippen molar-refractivity contribution < 1.29 is 4.79 Å². The number of carbonyl (C=O) groups is 1. The van der Waals surface area contributed by atoms with Crippen LogP contribution in [0.2, 0.25) is 0 Å². The molecule has 0 atom stereocenters. The summed E-state index contributed by atoms with van der Waals surface area (Å²) >= 11 is 0. The minimum atomic E-state index is -0.0198. The van der Waals surface area contributed by atoms with Crippen LogP contribution in [0, 0.1) is 10.8 Å². The first-order valence-corrected chi connectivity index (χ1v) is 6.18. The molecule has 0 unspecified atom stereocenters. The molecule has 0 radical (unpaired) electrons. The van der Waals surface area contributed by atoms with Crippen molar-refractivity contribution in [2.24, 2.45) is 32.0 Å². The fourth-order valence-corrected chi connectivity index (χ4v) is 2.75. The second-order valence-electron chi connectivity index (χ2n) is 6.42. The molecule has 2 N–H and O–H groups in total. The van der Waals surface area contributed by atoms with E-state index < -0.39 is 0 Å². The number of nitrogens with zero attached hydrogens (tertiary/aromatic N) is 3. The van der Waals surface area contributed by atoms with Crippen LogP contribution in [0.15, 0.2) is 15.3 Å². The van der Waals surface area contributed by atoms with Gasteiger partial charge >= 0.3 is 0 Å². The Balaban J connectivity index is 4.69. The molecule has 0 aliphatic carbocycles. The van der Waals surface area contributed by atoms with Crippen LogP contribution in [0.5, 0.6) is 0 Å². The van der Waals surface area contributed by atoms with E-state index in [1.807, 2.05) is 0 Å². The smallest absolute Gasteiger partial charge is 0.148 e. The number of hydrogen-bond acceptors (Lipinski definition) is 3. The van der Waals surface area contributed by atoms with E-state index in [-0.39, 0.29) is 16.6 Å². The molecule has 0 saturated heterocycles. The Hall–Kier alpha value is -1.26. The Morgan fingerprint density at radius 3 is 2.00 bits per heavy atom. The number of aliphatic imine (C=N–C) groups is 1. The monoisotopic (exact) mass is 254 g/mol. The van der Waals surface area contributed by atoms with Gasteiger partial charge in [0.05, 0.1) is 0 Å². The topological polar surface area (TPSA) is 80.2 Å². The maximum atomic E-state index is 11.3. The van der Waals surface area contributed by atoms with E-state index in [4.69, 9.17) is 5.84 Å². The standard InChI is InChI=1S/C13H26N4O/c1-10(18)7-12(2,3)9-13(4,5)8-11(15-6)16-17-14/h7-9H2,1-6H3,(H2,14,15,16). The van der Waals surface area contributed by atoms with Crippen LogP contribution in [0.3, 0.4) is 0 Å². The van der Waals surface area contributed by atoms with Crippen molar-refractivity contribution >= 4 is 11.6 Å². The van der Waals surface area contributed by atoms with Crippen LogP contribution in [-0.4, -0.2) is 18.7 Å². The molecule has 0 aromatic rings. The summed E-state index contributed by atoms with van der Waals surface area (Å²) in [4.78, 5) is 15.3. The number of ketones is 1. The Morgan fingerprint density at radius 2 is 1.61 bits per heavy atom. The molecule has 0 spiro atoms. The lowest BCUT2D eigenvalue weighted by atomic mass is 9.71. The predicted octanol–water partition coefficient (Wildman–Crippen LogP) is 3.15. The number of carbonyl (C=O) groups excluding carboxylic acids is 1. The number of rotatable bonds is 6. The van der Waals surface area contributed by atoms with Gasteiger partial charge in [-0.1, -0.05) is 32.9 Å². The van der Waals surface area contributed by atoms with Crippen molar-refractivity contribution in [2.45, 2.75) is 53.9 Å². The SMILES string of the molecule is CN=C(CC(C)(C)CC(C)(C)CC(C)=O)N=NN. The molecule has 0 heterocycles. The molecule has 5 nitrogen and oxygen atoms in total. The van der Waals surface area contributed by atoms with Gasteiger partial charge in [0.1, 0.15) is 11.6 Å². The second kappa shape index (κ2) is 6.61. The number of Topliss-reactive ketones (excluding diaryl/α,β-unsaturated/α-hetero) is 1. The highest BCUT2D eigenvalue weighted by molar-refractivity contribution is 5.83. The largest absolute Gasteiger partial charge is 0.305 e. The van der Waals surface area contributed by atoms with Gasteiger partial charge in [0.15, 0.2) is 0 Å². The second-order valence-corrected chi connectivity index (χ2v) is 6.42. The molecule has 5 heteroatoms. The minimum Gasteiger partial charge on any atom is -0.305 e. The average molecular weight is 254 g/mol. The molecule has 0 amide bonds. The molecule has 0 aromatic heterocycles. The summed E-state index contributed by atoms with van der Waals surface area (Å²) in [5, 5.41) is 7.08. The van der Waals surface area contributed by atoms with Gasteiger partial charge in [0, 0.05) is 19.9 Å². The van der Waals surface area contributed by atoms with E-state index in [0.717, 1.165) is 6.42 Å². The van der Waals surface area contributed by atoms with E-state index in [2.05, 4.69) is 43.0 Å². The molecule has 0 aliphatic rings. The van der Waals surface area contributed by atoms with Gasteiger partial charge < -0.3 is 10.6 Å². The van der Waals surface area contributed by atoms with Crippen molar-refractivity contribution in [1.29, 1.82) is 0 Å². The first kappa shape index (κ1) is 16.7. The van der Waals surface area contributed by atoms with E-state index in [9.17, 15) is 4.79 Å². The Kier molecular flexibility index (Phi) is 6.15. The quantitative estimate of drug-likeness (QED) is 0.260. The molecule has 0 aliphatic heterocycles. The van der Waals surface area contributed by atoms with Gasteiger partial charge in [0.2, 0.25) is 0 Å². The van der Waals surface area contributed by atoms with E-state index in [1.165, 1.54) is 0 Å². The molecule has 0 rings (SSSR count). The number of nitrogens with two attached hydrogens (primary N) is 1. The van der Waals surface area contributed by atoms with Crippen molar-refractivity contribution in [3.63, 3.8) is 0 Å². The third kappa shape index (κ3) is 7.14. The highest BCUT2D eigenvalue weighted by Gasteiger charge is 2.30. The predicted molar refractivity (Wildman–Crippen MR) is 74.5 cm³/mol. The van der Waals surface area contributed by atoms with E-state index >= 15 is 0 Å². The normalized spacial score (nSPS) is 14.2. The lowest BCUT2D eigenvalue weighted by molar-refractivity contribution is -0.119. The van der Waals surface area contributed by atoms with Crippen molar-refractivity contribution in [2.75, 3.05) is 7.05 Å². The van der Waals surface area contributed by atoms with Crippen LogP contribution >= 0.6 is 0 Å². The molecule has 0 bridgehead atoms. The highest BCUT2D eigenvalue weighted by Crippen LogP contribution is 2.38. The Morgan fingerprint density at radius 1 is 1.11 bits per heavy atom. The lowest BCUT2D eigenvalue weighted by Crippen LogP contribution is -2.27. The number of hydrogen-bond donors (Lipinski definition) is 1. The summed E-state index contributed by atoms with van der Waals surface area (Å²) in [6.45, 7) is 10.2. The van der Waals surface area contributed by atoms with Crippen LogP contribution in [0.25, 0.3) is 0 Å². The Labute approximate surface area is 110 Å². The maximum absolute atomic E-state index is 11.3. The zero-order valence-electron chi connectivity index (χ0n) is 12.4. The first-order valence-electron chi connectivity index (χ1n) is 6.18. The van der Waals surface area contributed by atoms with Crippen LogP contribution in [-0.2, 0) is 4.79 Å². The third-order valence-corrected chi connectivity index (χ3v) is 2.75. The van der Waals surface area contributed by atoms with Gasteiger partial charge in [0.25, 0.3) is 0 Å². The fraction of sp³-hybridized carbons (Fsp3) is 0.846. The molecule has 0 saturated carbocycles. The van der Waals surface area contributed by atoms with Crippen molar-refractivity contribution in [3.8, 4) is 0 Å². The molecular weight excluding hydrogens is 228 g/mol. The fourth-order valence-electron chi connectivity index (χ4n) is 2.75. The zero-order chi connectivity index (χ0) is 14.4. The van der Waals surface area contributed by atoms with Crippen LogP contribution in [0.4, 0.5) is 0 Å². The summed E-state index contributed by atoms with van der Waals surface area (Å²) in [6, 6.07) is 0. The van der Waals surface area contributed by atoms with Crippen molar-refractivity contribution in [3.05, 3.63) is 0 Å². The van der Waals surface area contributed by atoms with Crippen LogP contribution in [0.1, 0.15) is 53.9 Å². The zero-order valence-corrected chi connectivity index (χ0v) is 12.4. The highest BCUT2D eigenvalue weighted by atomic mass is 16.1. The molecule has 0 fully saturated rings. The summed E-state index contributed by atoms with van der Waals surface area (Å²) < 4.78 is 0. The maximum Gasteiger partial charge on any atom is 0.148 e. The summed E-state index contributed by atoms with van der Waals surface area (Å²) in [5.74, 6) is 5.91. The summed E-state index contributed by atoms with van der Waals surface area (Å²) in [6.07, 6.45) is 2.21. The van der Waals surface area contributed by atoms with E-state index in [0.29, 0.717) is 18.7 Å².